The van der Waals surface area contributed by atoms with Crippen LogP contribution in [0.1, 0.15) is 18.8 Å². The Labute approximate surface area is 118 Å². The summed E-state index contributed by atoms with van der Waals surface area (Å²) in [5.41, 5.74) is 2.65. The minimum atomic E-state index is 0.0750. The highest BCUT2D eigenvalue weighted by atomic mass is 79.9. The number of pyridine rings is 2. The summed E-state index contributed by atoms with van der Waals surface area (Å²) in [6.45, 7) is 2.05. The van der Waals surface area contributed by atoms with Crippen LogP contribution in [0, 0.1) is 0 Å². The van der Waals surface area contributed by atoms with Crippen molar-refractivity contribution in [3.63, 3.8) is 0 Å². The maximum Gasteiger partial charge on any atom is 0.128 e. The molecule has 3 rings (SSSR count). The van der Waals surface area contributed by atoms with E-state index in [1.807, 2.05) is 25.3 Å². The zero-order chi connectivity index (χ0) is 13.2. The summed E-state index contributed by atoms with van der Waals surface area (Å²) in [4.78, 5) is 16.1. The van der Waals surface area contributed by atoms with Crippen molar-refractivity contribution in [2.75, 3.05) is 5.32 Å². The van der Waals surface area contributed by atoms with E-state index >= 15 is 0 Å². The number of aromatic amines is 1. The van der Waals surface area contributed by atoms with Crippen LogP contribution in [0.5, 0.6) is 0 Å². The third-order valence-corrected chi connectivity index (χ3v) is 3.28. The molecule has 3 aromatic heterocycles. The molecule has 6 heteroatoms. The Balaban J connectivity index is 1.97. The maximum atomic E-state index is 4.41. The summed E-state index contributed by atoms with van der Waals surface area (Å²) in [7, 11) is 0. The van der Waals surface area contributed by atoms with E-state index in [-0.39, 0.29) is 6.04 Å². The number of imidazole rings is 1. The molecule has 0 spiro atoms. The van der Waals surface area contributed by atoms with Gasteiger partial charge in [0, 0.05) is 29.3 Å². The molecule has 0 aliphatic heterocycles. The van der Waals surface area contributed by atoms with E-state index in [2.05, 4.69) is 41.2 Å². The summed E-state index contributed by atoms with van der Waals surface area (Å²) >= 11 is 3.40. The molecule has 3 heterocycles. The molecule has 5 nitrogen and oxygen atoms in total. The molecule has 0 aromatic carbocycles. The van der Waals surface area contributed by atoms with Gasteiger partial charge in [0.25, 0.3) is 0 Å². The van der Waals surface area contributed by atoms with E-state index in [9.17, 15) is 0 Å². The van der Waals surface area contributed by atoms with Gasteiger partial charge in [0.05, 0.1) is 17.2 Å². The van der Waals surface area contributed by atoms with Crippen LogP contribution in [0.25, 0.3) is 11.0 Å². The van der Waals surface area contributed by atoms with Gasteiger partial charge in [-0.2, -0.15) is 0 Å². The topological polar surface area (TPSA) is 66.5 Å². The Morgan fingerprint density at radius 3 is 2.95 bits per heavy atom. The Kier molecular flexibility index (Phi) is 3.16. The lowest BCUT2D eigenvalue weighted by Crippen LogP contribution is -2.09. The molecule has 19 heavy (non-hydrogen) atoms. The number of fused-ring (bicyclic) bond motifs is 1. The Bertz CT molecular complexity index is 695. The maximum absolute atomic E-state index is 4.41. The van der Waals surface area contributed by atoms with E-state index in [0.29, 0.717) is 0 Å². The Morgan fingerprint density at radius 2 is 2.16 bits per heavy atom. The van der Waals surface area contributed by atoms with Crippen molar-refractivity contribution in [2.24, 2.45) is 0 Å². The van der Waals surface area contributed by atoms with Gasteiger partial charge in [0.15, 0.2) is 0 Å². The second-order valence-corrected chi connectivity index (χ2v) is 5.14. The van der Waals surface area contributed by atoms with Crippen molar-refractivity contribution in [1.29, 1.82) is 0 Å². The minimum absolute atomic E-state index is 0.0750. The van der Waals surface area contributed by atoms with Crippen LogP contribution in [-0.2, 0) is 0 Å². The molecular formula is C13H12BrN5. The number of hydrogen-bond acceptors (Lipinski definition) is 4. The van der Waals surface area contributed by atoms with Gasteiger partial charge >= 0.3 is 0 Å². The molecule has 3 aromatic rings. The van der Waals surface area contributed by atoms with Crippen LogP contribution in [0.4, 0.5) is 5.69 Å². The van der Waals surface area contributed by atoms with Crippen molar-refractivity contribution in [1.82, 2.24) is 19.9 Å². The van der Waals surface area contributed by atoms with Gasteiger partial charge in [0.2, 0.25) is 0 Å². The first-order valence-corrected chi connectivity index (χ1v) is 6.69. The third-order valence-electron chi connectivity index (χ3n) is 2.85. The third kappa shape index (κ3) is 2.44. The average Bonchev–Trinajstić information content (AvgIpc) is 2.92. The molecular weight excluding hydrogens is 306 g/mol. The summed E-state index contributed by atoms with van der Waals surface area (Å²) in [5.74, 6) is 0.891. The van der Waals surface area contributed by atoms with Gasteiger partial charge in [-0.05, 0) is 35.0 Å². The Hall–Kier alpha value is -1.95. The molecule has 1 unspecified atom stereocenters. The smallest absolute Gasteiger partial charge is 0.128 e. The van der Waals surface area contributed by atoms with Gasteiger partial charge in [-0.1, -0.05) is 0 Å². The monoisotopic (exact) mass is 317 g/mol. The number of aromatic nitrogens is 4. The molecule has 0 amide bonds. The van der Waals surface area contributed by atoms with Crippen molar-refractivity contribution in [3.8, 4) is 0 Å². The number of nitrogens with zero attached hydrogens (tertiary/aromatic N) is 3. The van der Waals surface area contributed by atoms with Crippen LogP contribution in [0.3, 0.4) is 0 Å². The van der Waals surface area contributed by atoms with Crippen molar-refractivity contribution < 1.29 is 0 Å². The molecule has 0 saturated heterocycles. The normalized spacial score (nSPS) is 12.5. The standard InChI is InChI=1S/C13H12BrN5/c1-8(13-16-4-5-17-13)19-10-2-3-15-11-6-9(14)7-18-12(10)11/h2-8H,1H3,(H,15,19)(H,16,17). The van der Waals surface area contributed by atoms with Gasteiger partial charge in [0.1, 0.15) is 11.3 Å². The molecule has 2 N–H and O–H groups in total. The molecule has 96 valence electrons. The van der Waals surface area contributed by atoms with Crippen molar-refractivity contribution in [2.45, 2.75) is 13.0 Å². The number of anilines is 1. The number of nitrogens with one attached hydrogen (secondary N) is 2. The highest BCUT2D eigenvalue weighted by molar-refractivity contribution is 9.10. The van der Waals surface area contributed by atoms with E-state index in [1.54, 1.807) is 18.6 Å². The van der Waals surface area contributed by atoms with E-state index in [0.717, 1.165) is 27.0 Å². The highest BCUT2D eigenvalue weighted by Crippen LogP contribution is 2.24. The fourth-order valence-electron chi connectivity index (χ4n) is 1.94. The lowest BCUT2D eigenvalue weighted by atomic mass is 10.2. The van der Waals surface area contributed by atoms with Crippen LogP contribution in [-0.4, -0.2) is 19.9 Å². The molecule has 0 aliphatic rings. The first-order valence-electron chi connectivity index (χ1n) is 5.90. The van der Waals surface area contributed by atoms with E-state index in [1.165, 1.54) is 0 Å². The summed E-state index contributed by atoms with van der Waals surface area (Å²) in [6, 6.07) is 3.94. The molecule has 1 atom stereocenters. The quantitative estimate of drug-likeness (QED) is 0.778. The van der Waals surface area contributed by atoms with E-state index < -0.39 is 0 Å². The predicted molar refractivity (Wildman–Crippen MR) is 77.9 cm³/mol. The fraction of sp³-hybridized carbons (Fsp3) is 0.154. The van der Waals surface area contributed by atoms with Crippen LogP contribution in [0.15, 0.2) is 41.4 Å². The lowest BCUT2D eigenvalue weighted by Gasteiger charge is -2.14. The Morgan fingerprint density at radius 1 is 1.26 bits per heavy atom. The SMILES string of the molecule is CC(Nc1ccnc2cc(Br)cnc12)c1ncc[nH]1. The van der Waals surface area contributed by atoms with Crippen LogP contribution >= 0.6 is 15.9 Å². The molecule has 0 radical (unpaired) electrons. The number of rotatable bonds is 3. The lowest BCUT2D eigenvalue weighted by molar-refractivity contribution is 0.811. The van der Waals surface area contributed by atoms with Crippen molar-refractivity contribution >= 4 is 32.7 Å². The van der Waals surface area contributed by atoms with Gasteiger partial charge in [-0.15, -0.1) is 0 Å². The first kappa shape index (κ1) is 12.1. The first-order chi connectivity index (χ1) is 9.24. The summed E-state index contributed by atoms with van der Waals surface area (Å²) < 4.78 is 0.920. The van der Waals surface area contributed by atoms with Gasteiger partial charge in [-0.25, -0.2) is 4.98 Å². The number of halogens is 1. The average molecular weight is 318 g/mol. The predicted octanol–water partition coefficient (Wildman–Crippen LogP) is 3.29. The van der Waals surface area contributed by atoms with Gasteiger partial charge < -0.3 is 10.3 Å². The summed E-state index contributed by atoms with van der Waals surface area (Å²) in [5, 5.41) is 3.40. The highest BCUT2D eigenvalue weighted by Gasteiger charge is 2.10. The minimum Gasteiger partial charge on any atom is -0.374 e. The summed E-state index contributed by atoms with van der Waals surface area (Å²) in [6.07, 6.45) is 7.10. The largest absolute Gasteiger partial charge is 0.374 e. The molecule has 0 aliphatic carbocycles. The van der Waals surface area contributed by atoms with Crippen molar-refractivity contribution in [3.05, 3.63) is 47.2 Å². The van der Waals surface area contributed by atoms with E-state index in [4.69, 9.17) is 0 Å². The number of H-pyrrole nitrogens is 1. The van der Waals surface area contributed by atoms with Crippen LogP contribution < -0.4 is 5.32 Å². The van der Waals surface area contributed by atoms with Crippen LogP contribution in [0.2, 0.25) is 0 Å². The zero-order valence-corrected chi connectivity index (χ0v) is 11.8. The second-order valence-electron chi connectivity index (χ2n) is 4.22. The second kappa shape index (κ2) is 4.97. The zero-order valence-electron chi connectivity index (χ0n) is 10.3. The molecule has 0 saturated carbocycles. The molecule has 0 bridgehead atoms. The fourth-order valence-corrected chi connectivity index (χ4v) is 2.26. The van der Waals surface area contributed by atoms with Gasteiger partial charge in [-0.3, -0.25) is 9.97 Å². The molecule has 0 fully saturated rings. The number of hydrogen-bond donors (Lipinski definition) is 2.